The average Bonchev–Trinajstić information content (AvgIpc) is 2.79. The van der Waals surface area contributed by atoms with Crippen LogP contribution < -0.4 is 4.72 Å². The lowest BCUT2D eigenvalue weighted by Crippen LogP contribution is -2.38. The van der Waals surface area contributed by atoms with E-state index in [1.807, 2.05) is 6.92 Å². The van der Waals surface area contributed by atoms with E-state index in [1.165, 1.54) is 14.2 Å². The van der Waals surface area contributed by atoms with Gasteiger partial charge in [-0.15, -0.1) is 11.3 Å². The number of ether oxygens (including phenoxy) is 2. The number of hydrogen-bond donors (Lipinski definition) is 1. The standard InChI is InChI=1S/C12H19NO5S2/c1-5-9(6-17-3)13-20(15,16)11-8(2)7-19-10(11)12(14)18-4/h7,9,13H,5-6H2,1-4H3. The molecule has 0 aromatic carbocycles. The minimum absolute atomic E-state index is 0.0103. The largest absolute Gasteiger partial charge is 0.465 e. The third-order valence-electron chi connectivity index (χ3n) is 2.74. The van der Waals surface area contributed by atoms with Crippen LogP contribution in [0, 0.1) is 6.92 Å². The molecular weight excluding hydrogens is 302 g/mol. The molecule has 0 bridgehead atoms. The van der Waals surface area contributed by atoms with Gasteiger partial charge in [0.1, 0.15) is 9.77 Å². The van der Waals surface area contributed by atoms with Crippen LogP contribution in [0.4, 0.5) is 0 Å². The molecule has 0 radical (unpaired) electrons. The number of sulfonamides is 1. The molecule has 0 spiro atoms. The predicted molar refractivity (Wildman–Crippen MR) is 76.7 cm³/mol. The van der Waals surface area contributed by atoms with Gasteiger partial charge in [-0.25, -0.2) is 17.9 Å². The lowest BCUT2D eigenvalue weighted by atomic mass is 10.3. The average molecular weight is 321 g/mol. The summed E-state index contributed by atoms with van der Waals surface area (Å²) in [5.41, 5.74) is 0.523. The molecule has 1 heterocycles. The van der Waals surface area contributed by atoms with E-state index in [0.717, 1.165) is 11.3 Å². The maximum atomic E-state index is 12.4. The summed E-state index contributed by atoms with van der Waals surface area (Å²) in [5.74, 6) is -0.650. The molecule has 0 saturated heterocycles. The molecule has 0 amide bonds. The number of aryl methyl sites for hydroxylation is 1. The maximum absolute atomic E-state index is 12.4. The summed E-state index contributed by atoms with van der Waals surface area (Å²) in [6.07, 6.45) is 0.587. The van der Waals surface area contributed by atoms with Crippen LogP contribution in [0.5, 0.6) is 0 Å². The molecular formula is C12H19NO5S2. The lowest BCUT2D eigenvalue weighted by molar-refractivity contribution is 0.0602. The van der Waals surface area contributed by atoms with Gasteiger partial charge in [0.05, 0.1) is 13.7 Å². The second kappa shape index (κ2) is 7.16. The molecule has 0 saturated carbocycles. The van der Waals surface area contributed by atoms with Gasteiger partial charge in [-0.3, -0.25) is 0 Å². The molecule has 1 rings (SSSR count). The zero-order chi connectivity index (χ0) is 15.3. The summed E-state index contributed by atoms with van der Waals surface area (Å²) in [7, 11) is -1.06. The van der Waals surface area contributed by atoms with Crippen molar-refractivity contribution >= 4 is 27.3 Å². The normalized spacial score (nSPS) is 13.2. The van der Waals surface area contributed by atoms with Gasteiger partial charge in [-0.05, 0) is 24.3 Å². The van der Waals surface area contributed by atoms with Crippen LogP contribution in [0.15, 0.2) is 10.3 Å². The fraction of sp³-hybridized carbons (Fsp3) is 0.583. The molecule has 0 aliphatic heterocycles. The lowest BCUT2D eigenvalue weighted by Gasteiger charge is -2.16. The van der Waals surface area contributed by atoms with Crippen molar-refractivity contribution in [3.8, 4) is 0 Å². The number of carbonyl (C=O) groups excluding carboxylic acids is 1. The van der Waals surface area contributed by atoms with Crippen LogP contribution in [0.25, 0.3) is 0 Å². The molecule has 20 heavy (non-hydrogen) atoms. The van der Waals surface area contributed by atoms with E-state index in [4.69, 9.17) is 4.74 Å². The first-order valence-electron chi connectivity index (χ1n) is 6.05. The van der Waals surface area contributed by atoms with Crippen molar-refractivity contribution in [3.05, 3.63) is 15.8 Å². The van der Waals surface area contributed by atoms with Crippen LogP contribution in [0.2, 0.25) is 0 Å². The number of hydrogen-bond acceptors (Lipinski definition) is 6. The van der Waals surface area contributed by atoms with E-state index in [9.17, 15) is 13.2 Å². The fourth-order valence-electron chi connectivity index (χ4n) is 1.72. The molecule has 6 nitrogen and oxygen atoms in total. The Morgan fingerprint density at radius 2 is 2.10 bits per heavy atom. The number of rotatable bonds is 7. The van der Waals surface area contributed by atoms with E-state index >= 15 is 0 Å². The molecule has 0 aliphatic carbocycles. The van der Waals surface area contributed by atoms with Gasteiger partial charge >= 0.3 is 5.97 Å². The van der Waals surface area contributed by atoms with Gasteiger partial charge in [0.15, 0.2) is 0 Å². The number of carbonyl (C=O) groups is 1. The summed E-state index contributed by atoms with van der Waals surface area (Å²) in [5, 5.41) is 1.62. The maximum Gasteiger partial charge on any atom is 0.349 e. The quantitative estimate of drug-likeness (QED) is 0.771. The second-order valence-electron chi connectivity index (χ2n) is 4.25. The van der Waals surface area contributed by atoms with Gasteiger partial charge in [0.25, 0.3) is 0 Å². The predicted octanol–water partition coefficient (Wildman–Crippen LogP) is 1.55. The molecule has 1 unspecified atom stereocenters. The van der Waals surface area contributed by atoms with Crippen molar-refractivity contribution in [2.45, 2.75) is 31.2 Å². The number of esters is 1. The van der Waals surface area contributed by atoms with Crippen molar-refractivity contribution in [3.63, 3.8) is 0 Å². The molecule has 114 valence electrons. The zero-order valence-electron chi connectivity index (χ0n) is 11.9. The second-order valence-corrected chi connectivity index (χ2v) is 6.78. The Bertz CT molecular complexity index is 564. The van der Waals surface area contributed by atoms with Crippen LogP contribution in [-0.4, -0.2) is 41.3 Å². The smallest absolute Gasteiger partial charge is 0.349 e. The van der Waals surface area contributed by atoms with E-state index in [2.05, 4.69) is 9.46 Å². The highest BCUT2D eigenvalue weighted by atomic mass is 32.2. The van der Waals surface area contributed by atoms with Crippen LogP contribution >= 0.6 is 11.3 Å². The summed E-state index contributed by atoms with van der Waals surface area (Å²) in [6, 6.07) is -0.338. The topological polar surface area (TPSA) is 81.7 Å². The highest BCUT2D eigenvalue weighted by molar-refractivity contribution is 7.89. The van der Waals surface area contributed by atoms with Gasteiger partial charge in [-0.1, -0.05) is 6.92 Å². The molecule has 1 aromatic rings. The minimum Gasteiger partial charge on any atom is -0.465 e. The Hall–Kier alpha value is -0.960. The summed E-state index contributed by atoms with van der Waals surface area (Å²) >= 11 is 1.06. The molecule has 1 aromatic heterocycles. The Morgan fingerprint density at radius 3 is 2.60 bits per heavy atom. The fourth-order valence-corrected chi connectivity index (χ4v) is 4.73. The van der Waals surface area contributed by atoms with Gasteiger partial charge in [0.2, 0.25) is 10.0 Å². The number of methoxy groups -OCH3 is 2. The van der Waals surface area contributed by atoms with Crippen LogP contribution in [-0.2, 0) is 19.5 Å². The first-order chi connectivity index (χ1) is 9.37. The first-order valence-corrected chi connectivity index (χ1v) is 8.41. The summed E-state index contributed by atoms with van der Waals surface area (Å²) < 4.78 is 37.0. The van der Waals surface area contributed by atoms with Crippen LogP contribution in [0.1, 0.15) is 28.6 Å². The van der Waals surface area contributed by atoms with E-state index < -0.39 is 16.0 Å². The van der Waals surface area contributed by atoms with Crippen molar-refractivity contribution in [2.75, 3.05) is 20.8 Å². The highest BCUT2D eigenvalue weighted by Crippen LogP contribution is 2.27. The summed E-state index contributed by atoms with van der Waals surface area (Å²) in [6.45, 7) is 3.77. The summed E-state index contributed by atoms with van der Waals surface area (Å²) in [4.78, 5) is 11.7. The van der Waals surface area contributed by atoms with E-state index in [-0.39, 0.29) is 22.4 Å². The number of thiophene rings is 1. The third kappa shape index (κ3) is 3.78. The molecule has 0 fully saturated rings. The first kappa shape index (κ1) is 17.1. The SMILES string of the molecule is CCC(COC)NS(=O)(=O)c1c(C)csc1C(=O)OC. The third-order valence-corrected chi connectivity index (χ3v) is 5.65. The van der Waals surface area contributed by atoms with Crippen molar-refractivity contribution < 1.29 is 22.7 Å². The van der Waals surface area contributed by atoms with E-state index in [0.29, 0.717) is 12.0 Å². The van der Waals surface area contributed by atoms with Gasteiger partial charge < -0.3 is 9.47 Å². The zero-order valence-corrected chi connectivity index (χ0v) is 13.6. The Labute approximate surface area is 123 Å². The van der Waals surface area contributed by atoms with Gasteiger partial charge in [-0.2, -0.15) is 0 Å². The molecule has 0 aliphatic rings. The minimum atomic E-state index is -3.79. The van der Waals surface area contributed by atoms with Crippen molar-refractivity contribution in [1.82, 2.24) is 4.72 Å². The monoisotopic (exact) mass is 321 g/mol. The number of nitrogens with one attached hydrogen (secondary N) is 1. The van der Waals surface area contributed by atoms with Crippen molar-refractivity contribution in [1.29, 1.82) is 0 Å². The highest BCUT2D eigenvalue weighted by Gasteiger charge is 2.29. The Morgan fingerprint density at radius 1 is 1.45 bits per heavy atom. The molecule has 1 atom stereocenters. The molecule has 1 N–H and O–H groups in total. The Balaban J connectivity index is 3.15. The Kier molecular flexibility index (Phi) is 6.12. The van der Waals surface area contributed by atoms with Gasteiger partial charge in [0, 0.05) is 13.2 Å². The van der Waals surface area contributed by atoms with Crippen LogP contribution in [0.3, 0.4) is 0 Å². The van der Waals surface area contributed by atoms with Crippen molar-refractivity contribution in [2.24, 2.45) is 0 Å². The van der Waals surface area contributed by atoms with E-state index in [1.54, 1.807) is 12.3 Å². The molecule has 8 heteroatoms.